The van der Waals surface area contributed by atoms with Crippen LogP contribution >= 0.6 is 11.6 Å². The molecule has 0 spiro atoms. The number of hydrogen-bond donors (Lipinski definition) is 2. The standard InChI is InChI=1S/C14H9ClN4O2/c15-9-3-4-10(13-8(9)2-1-5-16-13)19-12-7-17-11(6-18-12)14(20)21/h1-7H,(H,18,19)(H,20,21). The number of pyridine rings is 1. The third-order valence-corrected chi connectivity index (χ3v) is 3.18. The monoisotopic (exact) mass is 300 g/mol. The number of benzene rings is 1. The average Bonchev–Trinajstić information content (AvgIpc) is 2.51. The summed E-state index contributed by atoms with van der Waals surface area (Å²) in [5, 5.41) is 13.3. The third-order valence-electron chi connectivity index (χ3n) is 2.85. The molecule has 2 N–H and O–H groups in total. The topological polar surface area (TPSA) is 88.0 Å². The summed E-state index contributed by atoms with van der Waals surface area (Å²) in [6, 6.07) is 7.21. The molecule has 0 saturated carbocycles. The summed E-state index contributed by atoms with van der Waals surface area (Å²) >= 11 is 6.13. The van der Waals surface area contributed by atoms with Crippen LogP contribution in [-0.4, -0.2) is 26.0 Å². The van der Waals surface area contributed by atoms with Crippen LogP contribution in [0.5, 0.6) is 0 Å². The highest BCUT2D eigenvalue weighted by molar-refractivity contribution is 6.35. The van der Waals surface area contributed by atoms with Crippen LogP contribution in [0.25, 0.3) is 10.9 Å². The summed E-state index contributed by atoms with van der Waals surface area (Å²) in [7, 11) is 0. The van der Waals surface area contributed by atoms with Crippen molar-refractivity contribution in [2.24, 2.45) is 0 Å². The molecule has 0 atom stereocenters. The van der Waals surface area contributed by atoms with Gasteiger partial charge >= 0.3 is 5.97 Å². The number of carboxylic acid groups (broad SMARTS) is 1. The Kier molecular flexibility index (Phi) is 3.37. The zero-order chi connectivity index (χ0) is 14.8. The quantitative estimate of drug-likeness (QED) is 0.772. The number of hydrogen-bond acceptors (Lipinski definition) is 5. The van der Waals surface area contributed by atoms with Gasteiger partial charge in [-0.1, -0.05) is 11.6 Å². The van der Waals surface area contributed by atoms with E-state index in [4.69, 9.17) is 16.7 Å². The first-order chi connectivity index (χ1) is 10.1. The molecule has 2 aromatic heterocycles. The van der Waals surface area contributed by atoms with Crippen molar-refractivity contribution in [3.05, 3.63) is 53.6 Å². The van der Waals surface area contributed by atoms with E-state index in [1.54, 1.807) is 24.4 Å². The van der Waals surface area contributed by atoms with E-state index in [-0.39, 0.29) is 5.69 Å². The smallest absolute Gasteiger partial charge is 0.356 e. The van der Waals surface area contributed by atoms with Crippen LogP contribution in [0.4, 0.5) is 11.5 Å². The van der Waals surface area contributed by atoms with Gasteiger partial charge in [-0.3, -0.25) is 4.98 Å². The Labute approximate surface area is 124 Å². The first-order valence-corrected chi connectivity index (χ1v) is 6.38. The second kappa shape index (κ2) is 5.34. The summed E-state index contributed by atoms with van der Waals surface area (Å²) in [6.07, 6.45) is 4.21. The largest absolute Gasteiger partial charge is 0.476 e. The van der Waals surface area contributed by atoms with Crippen molar-refractivity contribution >= 4 is 40.0 Å². The first-order valence-electron chi connectivity index (χ1n) is 6.01. The van der Waals surface area contributed by atoms with Crippen molar-refractivity contribution in [1.82, 2.24) is 15.0 Å². The van der Waals surface area contributed by atoms with Gasteiger partial charge in [0.2, 0.25) is 0 Å². The van der Waals surface area contributed by atoms with Gasteiger partial charge in [0.25, 0.3) is 0 Å². The fourth-order valence-corrected chi connectivity index (χ4v) is 2.10. The molecule has 104 valence electrons. The first kappa shape index (κ1) is 13.3. The Balaban J connectivity index is 1.98. The Bertz CT molecular complexity index is 821. The maximum Gasteiger partial charge on any atom is 0.356 e. The minimum Gasteiger partial charge on any atom is -0.476 e. The van der Waals surface area contributed by atoms with Crippen LogP contribution in [0.15, 0.2) is 42.9 Å². The second-order valence-electron chi connectivity index (χ2n) is 4.21. The maximum absolute atomic E-state index is 10.7. The van der Waals surface area contributed by atoms with Crippen LogP contribution in [0.1, 0.15) is 10.5 Å². The molecule has 0 unspecified atom stereocenters. The number of nitrogens with one attached hydrogen (secondary N) is 1. The van der Waals surface area contributed by atoms with Gasteiger partial charge in [0, 0.05) is 11.6 Å². The lowest BCUT2D eigenvalue weighted by molar-refractivity contribution is 0.0690. The molecule has 0 radical (unpaired) electrons. The summed E-state index contributed by atoms with van der Waals surface area (Å²) in [5.74, 6) is -0.693. The molecule has 0 aliphatic heterocycles. The highest BCUT2D eigenvalue weighted by Crippen LogP contribution is 2.29. The van der Waals surface area contributed by atoms with Crippen LogP contribution in [-0.2, 0) is 0 Å². The van der Waals surface area contributed by atoms with E-state index in [0.29, 0.717) is 22.0 Å². The van der Waals surface area contributed by atoms with Gasteiger partial charge < -0.3 is 10.4 Å². The number of carbonyl (C=O) groups is 1. The van der Waals surface area contributed by atoms with E-state index in [1.165, 1.54) is 12.4 Å². The number of halogens is 1. The van der Waals surface area contributed by atoms with Crippen LogP contribution in [0, 0.1) is 0 Å². The summed E-state index contributed by atoms with van der Waals surface area (Å²) in [4.78, 5) is 22.8. The number of rotatable bonds is 3. The molecule has 0 saturated heterocycles. The Morgan fingerprint density at radius 2 is 2.00 bits per heavy atom. The maximum atomic E-state index is 10.7. The normalized spacial score (nSPS) is 10.5. The van der Waals surface area contributed by atoms with Gasteiger partial charge in [-0.05, 0) is 24.3 Å². The molecule has 3 rings (SSSR count). The van der Waals surface area contributed by atoms with Crippen LogP contribution < -0.4 is 5.32 Å². The molecule has 7 heteroatoms. The molecule has 0 amide bonds. The van der Waals surface area contributed by atoms with Crippen molar-refractivity contribution < 1.29 is 9.90 Å². The molecular formula is C14H9ClN4O2. The lowest BCUT2D eigenvalue weighted by Crippen LogP contribution is -2.03. The van der Waals surface area contributed by atoms with E-state index in [1.807, 2.05) is 6.07 Å². The van der Waals surface area contributed by atoms with Gasteiger partial charge in [0.05, 0.1) is 28.6 Å². The lowest BCUT2D eigenvalue weighted by Gasteiger charge is -2.09. The molecule has 0 bridgehead atoms. The second-order valence-corrected chi connectivity index (χ2v) is 4.62. The SMILES string of the molecule is O=C(O)c1cnc(Nc2ccc(Cl)c3cccnc23)cn1. The highest BCUT2D eigenvalue weighted by atomic mass is 35.5. The molecule has 0 aliphatic carbocycles. The lowest BCUT2D eigenvalue weighted by atomic mass is 10.2. The van der Waals surface area contributed by atoms with Crippen molar-refractivity contribution in [3.63, 3.8) is 0 Å². The van der Waals surface area contributed by atoms with E-state index < -0.39 is 5.97 Å². The van der Waals surface area contributed by atoms with Gasteiger partial charge in [-0.15, -0.1) is 0 Å². The van der Waals surface area contributed by atoms with Gasteiger partial charge in [-0.2, -0.15) is 0 Å². The third kappa shape index (κ3) is 2.61. The van der Waals surface area contributed by atoms with Crippen molar-refractivity contribution in [2.45, 2.75) is 0 Å². The minimum absolute atomic E-state index is 0.111. The van der Waals surface area contributed by atoms with Crippen molar-refractivity contribution in [1.29, 1.82) is 0 Å². The molecular weight excluding hydrogens is 292 g/mol. The van der Waals surface area contributed by atoms with Crippen molar-refractivity contribution in [2.75, 3.05) is 5.32 Å². The highest BCUT2D eigenvalue weighted by Gasteiger charge is 2.08. The zero-order valence-corrected chi connectivity index (χ0v) is 11.4. The zero-order valence-electron chi connectivity index (χ0n) is 10.6. The van der Waals surface area contributed by atoms with Gasteiger partial charge in [-0.25, -0.2) is 14.8 Å². The van der Waals surface area contributed by atoms with Gasteiger partial charge in [0.15, 0.2) is 5.69 Å². The number of aromatic nitrogens is 3. The predicted octanol–water partition coefficient (Wildman–Crippen LogP) is 3.12. The van der Waals surface area contributed by atoms with Crippen LogP contribution in [0.3, 0.4) is 0 Å². The average molecular weight is 301 g/mol. The molecule has 1 aromatic carbocycles. The van der Waals surface area contributed by atoms with E-state index in [0.717, 1.165) is 5.39 Å². The molecule has 6 nitrogen and oxygen atoms in total. The van der Waals surface area contributed by atoms with Gasteiger partial charge in [0.1, 0.15) is 5.82 Å². The number of carboxylic acids is 1. The Morgan fingerprint density at radius 3 is 2.71 bits per heavy atom. The molecule has 2 heterocycles. The summed E-state index contributed by atoms with van der Waals surface area (Å²) < 4.78 is 0. The summed E-state index contributed by atoms with van der Waals surface area (Å²) in [6.45, 7) is 0. The molecule has 0 aliphatic rings. The number of aromatic carboxylic acids is 1. The van der Waals surface area contributed by atoms with Crippen molar-refractivity contribution in [3.8, 4) is 0 Å². The Hall–Kier alpha value is -2.73. The molecule has 3 aromatic rings. The Morgan fingerprint density at radius 1 is 1.14 bits per heavy atom. The van der Waals surface area contributed by atoms with E-state index >= 15 is 0 Å². The fraction of sp³-hybridized carbons (Fsp3) is 0. The predicted molar refractivity (Wildman–Crippen MR) is 79.0 cm³/mol. The minimum atomic E-state index is -1.12. The van der Waals surface area contributed by atoms with Crippen LogP contribution in [0.2, 0.25) is 5.02 Å². The fourth-order valence-electron chi connectivity index (χ4n) is 1.88. The number of anilines is 2. The van der Waals surface area contributed by atoms with E-state index in [9.17, 15) is 4.79 Å². The molecule has 21 heavy (non-hydrogen) atoms. The van der Waals surface area contributed by atoms with E-state index in [2.05, 4.69) is 20.3 Å². The summed E-state index contributed by atoms with van der Waals surface area (Å²) in [5.41, 5.74) is 1.31. The molecule has 0 fully saturated rings. The number of fused-ring (bicyclic) bond motifs is 1. The number of nitrogens with zero attached hydrogens (tertiary/aromatic N) is 3.